The number of benzene rings is 2. The topological polar surface area (TPSA) is 46.2 Å². The van der Waals surface area contributed by atoms with Gasteiger partial charge in [0.25, 0.3) is 10.0 Å². The van der Waals surface area contributed by atoms with Crippen molar-refractivity contribution < 1.29 is 12.8 Å². The molecule has 3 rings (SSSR count). The highest BCUT2D eigenvalue weighted by atomic mass is 35.5. The van der Waals surface area contributed by atoms with E-state index in [4.69, 9.17) is 11.6 Å². The molecule has 0 aromatic heterocycles. The summed E-state index contributed by atoms with van der Waals surface area (Å²) in [5, 5.41) is 0.140. The average Bonchev–Trinajstić information content (AvgIpc) is 2.83. The molecule has 0 saturated heterocycles. The molecule has 2 aromatic rings. The van der Waals surface area contributed by atoms with Gasteiger partial charge in [0.05, 0.1) is 10.6 Å². The quantitative estimate of drug-likeness (QED) is 0.933. The number of aryl methyl sites for hydroxylation is 2. The molecule has 1 aliphatic rings. The summed E-state index contributed by atoms with van der Waals surface area (Å²) in [5.74, 6) is -0.589. The van der Waals surface area contributed by atoms with Crippen molar-refractivity contribution in [1.29, 1.82) is 0 Å². The Bertz CT molecular complexity index is 785. The Labute approximate surface area is 127 Å². The molecular formula is C15H13ClFNO2S. The molecule has 110 valence electrons. The average molecular weight is 326 g/mol. The lowest BCUT2D eigenvalue weighted by Crippen LogP contribution is -2.13. The first-order chi connectivity index (χ1) is 9.94. The Balaban J connectivity index is 1.93. The first-order valence-corrected chi connectivity index (χ1v) is 8.41. The second-order valence-corrected chi connectivity index (χ2v) is 7.17. The lowest BCUT2D eigenvalue weighted by molar-refractivity contribution is 0.601. The molecule has 3 nitrogen and oxygen atoms in total. The highest BCUT2D eigenvalue weighted by Gasteiger charge is 2.19. The predicted octanol–water partition coefficient (Wildman–Crippen LogP) is 3.77. The smallest absolute Gasteiger partial charge is 0.261 e. The van der Waals surface area contributed by atoms with Crippen molar-refractivity contribution in [3.63, 3.8) is 0 Å². The van der Waals surface area contributed by atoms with E-state index < -0.39 is 15.8 Å². The Morgan fingerprint density at radius 1 is 1.05 bits per heavy atom. The lowest BCUT2D eigenvalue weighted by atomic mass is 10.1. The van der Waals surface area contributed by atoms with Crippen LogP contribution in [-0.2, 0) is 22.9 Å². The summed E-state index contributed by atoms with van der Waals surface area (Å²) in [5.41, 5.74) is 2.37. The van der Waals surface area contributed by atoms with Crippen molar-refractivity contribution in [3.8, 4) is 0 Å². The van der Waals surface area contributed by atoms with Crippen molar-refractivity contribution in [2.45, 2.75) is 24.2 Å². The summed E-state index contributed by atoms with van der Waals surface area (Å²) in [7, 11) is -3.74. The van der Waals surface area contributed by atoms with Crippen LogP contribution in [0.5, 0.6) is 0 Å². The number of hydrogen-bond donors (Lipinski definition) is 1. The van der Waals surface area contributed by atoms with Crippen LogP contribution in [0.2, 0.25) is 5.02 Å². The molecule has 1 aliphatic carbocycles. The number of rotatable bonds is 3. The number of hydrogen-bond acceptors (Lipinski definition) is 2. The molecule has 2 aromatic carbocycles. The van der Waals surface area contributed by atoms with Gasteiger partial charge in [0, 0.05) is 5.02 Å². The molecule has 0 amide bonds. The van der Waals surface area contributed by atoms with Gasteiger partial charge in [0.15, 0.2) is 0 Å². The van der Waals surface area contributed by atoms with E-state index in [1.165, 1.54) is 11.6 Å². The van der Waals surface area contributed by atoms with Crippen LogP contribution in [-0.4, -0.2) is 8.42 Å². The SMILES string of the molecule is O=S(=O)(Nc1cc(F)cc(Cl)c1)c1ccc2c(c1)CCC2. The molecular weight excluding hydrogens is 313 g/mol. The maximum absolute atomic E-state index is 13.3. The molecule has 0 radical (unpaired) electrons. The van der Waals surface area contributed by atoms with E-state index in [1.807, 2.05) is 6.07 Å². The van der Waals surface area contributed by atoms with Crippen molar-refractivity contribution in [3.05, 3.63) is 58.4 Å². The molecule has 21 heavy (non-hydrogen) atoms. The monoisotopic (exact) mass is 325 g/mol. The summed E-state index contributed by atoms with van der Waals surface area (Å²) in [6.45, 7) is 0. The Kier molecular flexibility index (Phi) is 3.63. The predicted molar refractivity (Wildman–Crippen MR) is 80.7 cm³/mol. The van der Waals surface area contributed by atoms with Crippen molar-refractivity contribution in [2.24, 2.45) is 0 Å². The van der Waals surface area contributed by atoms with Gasteiger partial charge in [-0.2, -0.15) is 0 Å². The van der Waals surface area contributed by atoms with E-state index in [-0.39, 0.29) is 15.6 Å². The summed E-state index contributed by atoms with van der Waals surface area (Å²) >= 11 is 5.73. The highest BCUT2D eigenvalue weighted by Crippen LogP contribution is 2.26. The maximum Gasteiger partial charge on any atom is 0.261 e. The Morgan fingerprint density at radius 3 is 2.57 bits per heavy atom. The number of fused-ring (bicyclic) bond motifs is 1. The second kappa shape index (κ2) is 5.31. The maximum atomic E-state index is 13.3. The fourth-order valence-electron chi connectivity index (χ4n) is 2.54. The largest absolute Gasteiger partial charge is 0.279 e. The van der Waals surface area contributed by atoms with E-state index in [0.29, 0.717) is 0 Å². The highest BCUT2D eigenvalue weighted by molar-refractivity contribution is 7.92. The molecule has 0 saturated carbocycles. The van der Waals surface area contributed by atoms with Gasteiger partial charge < -0.3 is 0 Å². The third kappa shape index (κ3) is 3.04. The third-order valence-corrected chi connectivity index (χ3v) is 5.09. The van der Waals surface area contributed by atoms with Crippen LogP contribution in [0.25, 0.3) is 0 Å². The first-order valence-electron chi connectivity index (χ1n) is 6.55. The first kappa shape index (κ1) is 14.4. The van der Waals surface area contributed by atoms with Gasteiger partial charge in [-0.1, -0.05) is 17.7 Å². The fraction of sp³-hybridized carbons (Fsp3) is 0.200. The molecule has 0 fully saturated rings. The van der Waals surface area contributed by atoms with Crippen molar-refractivity contribution in [2.75, 3.05) is 4.72 Å². The van der Waals surface area contributed by atoms with Gasteiger partial charge in [-0.25, -0.2) is 12.8 Å². The summed E-state index contributed by atoms with van der Waals surface area (Å²) in [6.07, 6.45) is 2.93. The van der Waals surface area contributed by atoms with Gasteiger partial charge in [-0.3, -0.25) is 4.72 Å². The normalized spacial score (nSPS) is 14.0. The van der Waals surface area contributed by atoms with Crippen LogP contribution in [0.4, 0.5) is 10.1 Å². The van der Waals surface area contributed by atoms with Crippen LogP contribution in [0, 0.1) is 5.82 Å². The van der Waals surface area contributed by atoms with Crippen LogP contribution in [0.1, 0.15) is 17.5 Å². The summed E-state index contributed by atoms with van der Waals surface area (Å²) in [4.78, 5) is 0.184. The van der Waals surface area contributed by atoms with Crippen LogP contribution in [0.3, 0.4) is 0 Å². The van der Waals surface area contributed by atoms with Crippen LogP contribution >= 0.6 is 11.6 Å². The minimum absolute atomic E-state index is 0.112. The molecule has 0 atom stereocenters. The Hall–Kier alpha value is -1.59. The van der Waals surface area contributed by atoms with Crippen molar-refractivity contribution >= 4 is 27.3 Å². The van der Waals surface area contributed by atoms with E-state index in [9.17, 15) is 12.8 Å². The van der Waals surface area contributed by atoms with E-state index in [2.05, 4.69) is 4.72 Å². The van der Waals surface area contributed by atoms with Crippen molar-refractivity contribution in [1.82, 2.24) is 0 Å². The molecule has 0 heterocycles. The van der Waals surface area contributed by atoms with E-state index in [1.54, 1.807) is 12.1 Å². The zero-order valence-electron chi connectivity index (χ0n) is 11.1. The zero-order valence-corrected chi connectivity index (χ0v) is 12.6. The number of sulfonamides is 1. The molecule has 0 spiro atoms. The van der Waals surface area contributed by atoms with Gasteiger partial charge in [-0.05, 0) is 60.7 Å². The lowest BCUT2D eigenvalue weighted by Gasteiger charge is -2.10. The zero-order chi connectivity index (χ0) is 15.0. The summed E-state index contributed by atoms with van der Waals surface area (Å²) in [6, 6.07) is 8.69. The Morgan fingerprint density at radius 2 is 1.81 bits per heavy atom. The molecule has 0 aliphatic heterocycles. The fourth-order valence-corrected chi connectivity index (χ4v) is 3.85. The van der Waals surface area contributed by atoms with Gasteiger partial charge >= 0.3 is 0 Å². The van der Waals surface area contributed by atoms with Gasteiger partial charge in [0.1, 0.15) is 5.82 Å². The third-order valence-electron chi connectivity index (χ3n) is 3.50. The van der Waals surface area contributed by atoms with E-state index >= 15 is 0 Å². The van der Waals surface area contributed by atoms with Gasteiger partial charge in [0.2, 0.25) is 0 Å². The minimum Gasteiger partial charge on any atom is -0.279 e. The van der Waals surface area contributed by atoms with E-state index in [0.717, 1.165) is 37.0 Å². The van der Waals surface area contributed by atoms with Crippen LogP contribution in [0.15, 0.2) is 41.3 Å². The summed E-state index contributed by atoms with van der Waals surface area (Å²) < 4.78 is 40.3. The number of nitrogens with one attached hydrogen (secondary N) is 1. The standard InChI is InChI=1S/C15H13ClFNO2S/c16-12-7-13(17)9-14(8-12)18-21(19,20)15-5-4-10-2-1-3-11(10)6-15/h4-9,18H,1-3H2. The van der Waals surface area contributed by atoms with Gasteiger partial charge in [-0.15, -0.1) is 0 Å². The molecule has 0 bridgehead atoms. The molecule has 1 N–H and O–H groups in total. The number of halogens is 2. The minimum atomic E-state index is -3.74. The van der Waals surface area contributed by atoms with Crippen LogP contribution < -0.4 is 4.72 Å². The molecule has 0 unspecified atom stereocenters. The second-order valence-electron chi connectivity index (χ2n) is 5.05. The number of anilines is 1. The molecule has 6 heteroatoms.